The van der Waals surface area contributed by atoms with Crippen LogP contribution in [-0.2, 0) is 14.1 Å². The highest BCUT2D eigenvalue weighted by Crippen LogP contribution is 2.47. The monoisotopic (exact) mass is 494 g/mol. The number of aromatic hydroxyl groups is 2. The van der Waals surface area contributed by atoms with Gasteiger partial charge in [0.05, 0.1) is 39.7 Å². The van der Waals surface area contributed by atoms with Crippen LogP contribution in [0.25, 0.3) is 27.8 Å². The van der Waals surface area contributed by atoms with Gasteiger partial charge in [-0.25, -0.2) is 4.79 Å². The van der Waals surface area contributed by atoms with Gasteiger partial charge < -0.3 is 20.1 Å². The van der Waals surface area contributed by atoms with Crippen LogP contribution in [0.2, 0.25) is 0 Å². The molecule has 8 nitrogen and oxygen atoms in total. The molecule has 1 unspecified atom stereocenters. The normalized spacial score (nSPS) is 14.3. The van der Waals surface area contributed by atoms with Crippen molar-refractivity contribution in [1.82, 2.24) is 13.7 Å². The van der Waals surface area contributed by atoms with E-state index in [9.17, 15) is 19.8 Å². The summed E-state index contributed by atoms with van der Waals surface area (Å²) in [6.07, 6.45) is 0. The molecule has 0 radical (unpaired) electrons. The number of fused-ring (bicyclic) bond motifs is 5. The highest BCUT2D eigenvalue weighted by atomic mass is 16.3. The number of rotatable bonds is 2. The lowest BCUT2D eigenvalue weighted by molar-refractivity contribution is 0.452. The van der Waals surface area contributed by atoms with Gasteiger partial charge in [0.15, 0.2) is 0 Å². The number of nitrogens with one attached hydrogen (secondary N) is 1. The maximum Gasteiger partial charge on any atom is 0.331 e. The second-order valence-electron chi connectivity index (χ2n) is 9.64. The summed E-state index contributed by atoms with van der Waals surface area (Å²) in [7, 11) is 3.13. The van der Waals surface area contributed by atoms with E-state index in [4.69, 9.17) is 0 Å². The molecule has 1 aliphatic rings. The van der Waals surface area contributed by atoms with Crippen LogP contribution in [0.5, 0.6) is 11.5 Å². The van der Waals surface area contributed by atoms with Crippen molar-refractivity contribution >= 4 is 16.6 Å². The zero-order chi connectivity index (χ0) is 26.2. The Hall–Kier alpha value is -4.72. The van der Waals surface area contributed by atoms with Crippen LogP contribution in [0.3, 0.4) is 0 Å². The van der Waals surface area contributed by atoms with Crippen molar-refractivity contribution in [3.05, 3.63) is 104 Å². The molecule has 3 heterocycles. The molecule has 1 aliphatic heterocycles. The molecule has 8 heteroatoms. The molecule has 2 aromatic heterocycles. The predicted octanol–water partition coefficient (Wildman–Crippen LogP) is 4.24. The minimum Gasteiger partial charge on any atom is -0.508 e. The number of aryl methyl sites for hydroxylation is 3. The van der Waals surface area contributed by atoms with E-state index < -0.39 is 17.3 Å². The molecule has 0 aliphatic carbocycles. The number of nitrogens with zero attached hydrogens (tertiary/aromatic N) is 3. The molecule has 5 aromatic rings. The highest BCUT2D eigenvalue weighted by molar-refractivity contribution is 5.99. The number of phenols is 2. The van der Waals surface area contributed by atoms with Crippen molar-refractivity contribution in [3.63, 3.8) is 0 Å². The lowest BCUT2D eigenvalue weighted by atomic mass is 9.97. The average molecular weight is 495 g/mol. The Kier molecular flexibility index (Phi) is 4.85. The SMILES string of the molecule is Cc1cc2c(cc1C)-n1c(-c3ccccc3)c3c(=O)n(C)c(=O)n(C)c3c1C(c1cc(O)ccc1O)N2. The first-order valence-corrected chi connectivity index (χ1v) is 12.0. The van der Waals surface area contributed by atoms with E-state index >= 15 is 0 Å². The molecule has 3 N–H and O–H groups in total. The van der Waals surface area contributed by atoms with Crippen LogP contribution >= 0.6 is 0 Å². The first-order chi connectivity index (χ1) is 17.7. The van der Waals surface area contributed by atoms with E-state index in [1.165, 1.54) is 29.8 Å². The van der Waals surface area contributed by atoms with Gasteiger partial charge in [0, 0.05) is 19.7 Å². The van der Waals surface area contributed by atoms with Gasteiger partial charge in [-0.05, 0) is 60.9 Å². The van der Waals surface area contributed by atoms with E-state index in [2.05, 4.69) is 11.4 Å². The van der Waals surface area contributed by atoms with E-state index in [-0.39, 0.29) is 11.5 Å². The summed E-state index contributed by atoms with van der Waals surface area (Å²) < 4.78 is 4.62. The number of aromatic nitrogens is 3. The molecule has 0 spiro atoms. The topological polar surface area (TPSA) is 101 Å². The van der Waals surface area contributed by atoms with Crippen LogP contribution in [0.4, 0.5) is 5.69 Å². The maximum absolute atomic E-state index is 13.7. The summed E-state index contributed by atoms with van der Waals surface area (Å²) in [5.41, 5.74) is 5.95. The molecule has 0 fully saturated rings. The van der Waals surface area contributed by atoms with Crippen molar-refractivity contribution in [3.8, 4) is 28.4 Å². The van der Waals surface area contributed by atoms with Crippen LogP contribution in [0.1, 0.15) is 28.4 Å². The largest absolute Gasteiger partial charge is 0.508 e. The van der Waals surface area contributed by atoms with Gasteiger partial charge in [0.2, 0.25) is 0 Å². The fourth-order valence-electron chi connectivity index (χ4n) is 5.40. The van der Waals surface area contributed by atoms with E-state index in [1.54, 1.807) is 7.05 Å². The van der Waals surface area contributed by atoms with Crippen LogP contribution in [0, 0.1) is 13.8 Å². The molecule has 0 saturated heterocycles. The number of hydrogen-bond acceptors (Lipinski definition) is 5. The molecule has 186 valence electrons. The zero-order valence-corrected chi connectivity index (χ0v) is 20.9. The minimum atomic E-state index is -0.667. The minimum absolute atomic E-state index is 0.00372. The van der Waals surface area contributed by atoms with Gasteiger partial charge >= 0.3 is 5.69 Å². The fourth-order valence-corrected chi connectivity index (χ4v) is 5.40. The Labute approximate surface area is 212 Å². The van der Waals surface area contributed by atoms with Crippen LogP contribution in [-0.4, -0.2) is 23.9 Å². The van der Waals surface area contributed by atoms with Crippen molar-refractivity contribution in [1.29, 1.82) is 0 Å². The fraction of sp³-hybridized carbons (Fsp3) is 0.172. The second kappa shape index (κ2) is 7.89. The molecule has 1 atom stereocenters. The molecule has 0 saturated carbocycles. The predicted molar refractivity (Wildman–Crippen MR) is 144 cm³/mol. The number of hydrogen-bond donors (Lipinski definition) is 3. The average Bonchev–Trinajstić information content (AvgIpc) is 3.25. The van der Waals surface area contributed by atoms with Crippen LogP contribution < -0.4 is 16.6 Å². The van der Waals surface area contributed by atoms with Crippen LogP contribution in [0.15, 0.2) is 70.3 Å². The second-order valence-corrected chi connectivity index (χ2v) is 9.64. The Morgan fingerprint density at radius 2 is 1.57 bits per heavy atom. The maximum atomic E-state index is 13.7. The smallest absolute Gasteiger partial charge is 0.331 e. The van der Waals surface area contributed by atoms with Gasteiger partial charge in [-0.15, -0.1) is 0 Å². The Bertz CT molecular complexity index is 1860. The summed E-state index contributed by atoms with van der Waals surface area (Å²) >= 11 is 0. The van der Waals surface area contributed by atoms with Gasteiger partial charge in [-0.1, -0.05) is 30.3 Å². The number of benzene rings is 3. The first-order valence-electron chi connectivity index (χ1n) is 12.0. The van der Waals surface area contributed by atoms with Gasteiger partial charge in [0.25, 0.3) is 5.56 Å². The van der Waals surface area contributed by atoms with E-state index in [0.717, 1.165) is 32.6 Å². The molecule has 6 rings (SSSR count). The van der Waals surface area contributed by atoms with Crippen molar-refractivity contribution in [2.45, 2.75) is 19.9 Å². The first kappa shape index (κ1) is 22.7. The molecule has 0 amide bonds. The number of anilines is 1. The van der Waals surface area contributed by atoms with Gasteiger partial charge in [-0.2, -0.15) is 0 Å². The van der Waals surface area contributed by atoms with E-state index in [1.807, 2.05) is 54.8 Å². The zero-order valence-electron chi connectivity index (χ0n) is 20.9. The summed E-state index contributed by atoms with van der Waals surface area (Å²) in [5, 5.41) is 25.1. The number of phenolic OH excluding ortho intramolecular Hbond substituents is 2. The third kappa shape index (κ3) is 3.15. The lowest BCUT2D eigenvalue weighted by Gasteiger charge is -2.32. The van der Waals surface area contributed by atoms with Crippen molar-refractivity contribution in [2.24, 2.45) is 14.1 Å². The van der Waals surface area contributed by atoms with E-state index in [0.29, 0.717) is 27.9 Å². The summed E-state index contributed by atoms with van der Waals surface area (Å²) in [4.78, 5) is 26.9. The molecule has 37 heavy (non-hydrogen) atoms. The summed E-state index contributed by atoms with van der Waals surface area (Å²) in [6.45, 7) is 4.06. The third-order valence-electron chi connectivity index (χ3n) is 7.40. The summed E-state index contributed by atoms with van der Waals surface area (Å²) in [6, 6.07) is 17.4. The molecular formula is C29H26N4O4. The molecule has 0 bridgehead atoms. The quantitative estimate of drug-likeness (QED) is 0.319. The molecule has 3 aromatic carbocycles. The highest BCUT2D eigenvalue weighted by Gasteiger charge is 2.36. The van der Waals surface area contributed by atoms with Crippen molar-refractivity contribution < 1.29 is 10.2 Å². The Balaban J connectivity index is 1.89. The molecular weight excluding hydrogens is 468 g/mol. The Morgan fingerprint density at radius 3 is 2.30 bits per heavy atom. The van der Waals surface area contributed by atoms with Gasteiger partial charge in [-0.3, -0.25) is 13.9 Å². The third-order valence-corrected chi connectivity index (χ3v) is 7.40. The lowest BCUT2D eigenvalue weighted by Crippen LogP contribution is -2.37. The van der Waals surface area contributed by atoms with Crippen molar-refractivity contribution in [2.75, 3.05) is 5.32 Å². The summed E-state index contributed by atoms with van der Waals surface area (Å²) in [5.74, 6) is -0.0189. The Morgan fingerprint density at radius 1 is 0.865 bits per heavy atom. The van der Waals surface area contributed by atoms with Gasteiger partial charge in [0.1, 0.15) is 11.5 Å². The standard InChI is InChI=1S/C29H26N4O4/c1-15-12-20-21(13-16(15)2)33-25(17-8-6-5-7-9-17)23-26(31(3)29(37)32(4)28(23)36)27(33)24(30-20)19-14-18(34)10-11-22(19)35/h5-14,24,30,34-35H,1-4H3.